The lowest BCUT2D eigenvalue weighted by Crippen LogP contribution is -1.97. The fourth-order valence-corrected chi connectivity index (χ4v) is 1.94. The molecule has 0 N–H and O–H groups in total. The first kappa shape index (κ1) is 14.3. The molecule has 0 saturated heterocycles. The van der Waals surface area contributed by atoms with Crippen LogP contribution in [0, 0.1) is 15.9 Å². The molecule has 0 spiro atoms. The van der Waals surface area contributed by atoms with Gasteiger partial charge in [-0.05, 0) is 18.2 Å². The molecule has 0 aliphatic heterocycles. The van der Waals surface area contributed by atoms with Crippen LogP contribution in [0.3, 0.4) is 0 Å². The van der Waals surface area contributed by atoms with Crippen molar-refractivity contribution in [3.63, 3.8) is 0 Å². The smallest absolute Gasteiger partial charge is 0.314 e. The minimum absolute atomic E-state index is 0.0682. The second-order valence-electron chi connectivity index (χ2n) is 3.77. The number of hydrogen-bond donors (Lipinski definition) is 0. The van der Waals surface area contributed by atoms with E-state index < -0.39 is 16.4 Å². The van der Waals surface area contributed by atoms with E-state index in [-0.39, 0.29) is 11.5 Å². The standard InChI is InChI=1S/C13H9BrFNO4/c1-19-13-7-12(10(15)6-11(13)16(17)18)20-9-4-2-3-8(14)5-9/h2-7H,1H3. The highest BCUT2D eigenvalue weighted by Gasteiger charge is 2.20. The first-order valence-corrected chi connectivity index (χ1v) is 6.26. The van der Waals surface area contributed by atoms with E-state index in [2.05, 4.69) is 15.9 Å². The van der Waals surface area contributed by atoms with Gasteiger partial charge in [-0.2, -0.15) is 0 Å². The van der Waals surface area contributed by atoms with Gasteiger partial charge in [-0.1, -0.05) is 22.0 Å². The number of halogens is 2. The Kier molecular flexibility index (Phi) is 4.19. The zero-order valence-corrected chi connectivity index (χ0v) is 11.9. The highest BCUT2D eigenvalue weighted by Crippen LogP contribution is 2.35. The van der Waals surface area contributed by atoms with E-state index in [0.29, 0.717) is 5.75 Å². The predicted molar refractivity (Wildman–Crippen MR) is 73.8 cm³/mol. The van der Waals surface area contributed by atoms with Gasteiger partial charge < -0.3 is 9.47 Å². The van der Waals surface area contributed by atoms with E-state index in [1.165, 1.54) is 7.11 Å². The molecule has 0 aliphatic rings. The molecular formula is C13H9BrFNO4. The molecule has 20 heavy (non-hydrogen) atoms. The summed E-state index contributed by atoms with van der Waals surface area (Å²) in [5.74, 6) is -0.654. The third kappa shape index (κ3) is 3.05. The Morgan fingerprint density at radius 2 is 2.00 bits per heavy atom. The fraction of sp³-hybridized carbons (Fsp3) is 0.0769. The van der Waals surface area contributed by atoms with Gasteiger partial charge in [-0.25, -0.2) is 4.39 Å². The summed E-state index contributed by atoms with van der Waals surface area (Å²) in [6, 6.07) is 8.71. The predicted octanol–water partition coefficient (Wildman–Crippen LogP) is 4.30. The Morgan fingerprint density at radius 1 is 1.25 bits per heavy atom. The summed E-state index contributed by atoms with van der Waals surface area (Å²) in [6.07, 6.45) is 0. The Bertz CT molecular complexity index is 663. The fourth-order valence-electron chi connectivity index (χ4n) is 1.57. The third-order valence-corrected chi connectivity index (χ3v) is 2.95. The number of rotatable bonds is 4. The SMILES string of the molecule is COc1cc(Oc2cccc(Br)c2)c(F)cc1[N+](=O)[O-]. The van der Waals surface area contributed by atoms with Crippen LogP contribution < -0.4 is 9.47 Å². The van der Waals surface area contributed by atoms with Crippen LogP contribution in [0.25, 0.3) is 0 Å². The molecule has 0 aromatic heterocycles. The molecule has 2 aromatic rings. The molecule has 0 saturated carbocycles. The average molecular weight is 342 g/mol. The minimum Gasteiger partial charge on any atom is -0.490 e. The second-order valence-corrected chi connectivity index (χ2v) is 4.69. The number of nitro groups is 1. The van der Waals surface area contributed by atoms with Gasteiger partial charge in [0, 0.05) is 10.5 Å². The molecule has 104 valence electrons. The van der Waals surface area contributed by atoms with Crippen molar-refractivity contribution in [2.75, 3.05) is 7.11 Å². The lowest BCUT2D eigenvalue weighted by Gasteiger charge is -2.09. The van der Waals surface area contributed by atoms with Gasteiger partial charge in [0.15, 0.2) is 11.6 Å². The lowest BCUT2D eigenvalue weighted by atomic mass is 10.2. The van der Waals surface area contributed by atoms with Gasteiger partial charge in [0.2, 0.25) is 5.75 Å². The van der Waals surface area contributed by atoms with Gasteiger partial charge in [0.1, 0.15) is 5.75 Å². The Morgan fingerprint density at radius 3 is 2.60 bits per heavy atom. The van der Waals surface area contributed by atoms with Crippen LogP contribution >= 0.6 is 15.9 Å². The Hall–Kier alpha value is -2.15. The van der Waals surface area contributed by atoms with E-state index in [1.807, 2.05) is 0 Å². The number of nitro benzene ring substituents is 1. The highest BCUT2D eigenvalue weighted by atomic mass is 79.9. The highest BCUT2D eigenvalue weighted by molar-refractivity contribution is 9.10. The van der Waals surface area contributed by atoms with Gasteiger partial charge in [0.25, 0.3) is 0 Å². The van der Waals surface area contributed by atoms with E-state index in [1.54, 1.807) is 24.3 Å². The van der Waals surface area contributed by atoms with E-state index in [0.717, 1.165) is 16.6 Å². The van der Waals surface area contributed by atoms with Crippen LogP contribution in [-0.4, -0.2) is 12.0 Å². The van der Waals surface area contributed by atoms with Crippen molar-refractivity contribution in [1.29, 1.82) is 0 Å². The summed E-state index contributed by atoms with van der Waals surface area (Å²) >= 11 is 3.27. The molecule has 5 nitrogen and oxygen atoms in total. The number of methoxy groups -OCH3 is 1. The third-order valence-electron chi connectivity index (χ3n) is 2.45. The molecule has 2 rings (SSSR count). The molecule has 0 atom stereocenters. The maximum Gasteiger partial charge on any atom is 0.314 e. The summed E-state index contributed by atoms with van der Waals surface area (Å²) in [5.41, 5.74) is -0.452. The summed E-state index contributed by atoms with van der Waals surface area (Å²) in [7, 11) is 1.27. The van der Waals surface area contributed by atoms with Crippen LogP contribution in [0.1, 0.15) is 0 Å². The molecule has 0 unspecified atom stereocenters. The minimum atomic E-state index is -0.836. The molecule has 0 bridgehead atoms. The summed E-state index contributed by atoms with van der Waals surface area (Å²) in [6.45, 7) is 0. The first-order chi connectivity index (χ1) is 9.51. The number of ether oxygens (including phenoxy) is 2. The quantitative estimate of drug-likeness (QED) is 0.614. The van der Waals surface area contributed by atoms with Gasteiger partial charge in [-0.3, -0.25) is 10.1 Å². The Balaban J connectivity index is 2.40. The molecule has 0 radical (unpaired) electrons. The average Bonchev–Trinajstić information content (AvgIpc) is 2.40. The van der Waals surface area contributed by atoms with Gasteiger partial charge in [0.05, 0.1) is 18.1 Å². The van der Waals surface area contributed by atoms with Crippen molar-refractivity contribution in [2.45, 2.75) is 0 Å². The molecular weight excluding hydrogens is 333 g/mol. The van der Waals surface area contributed by atoms with Crippen molar-refractivity contribution in [2.24, 2.45) is 0 Å². The summed E-state index contributed by atoms with van der Waals surface area (Å²) < 4.78 is 24.8. The van der Waals surface area contributed by atoms with Crippen molar-refractivity contribution >= 4 is 21.6 Å². The van der Waals surface area contributed by atoms with Crippen molar-refractivity contribution in [3.8, 4) is 17.2 Å². The summed E-state index contributed by atoms with van der Waals surface area (Å²) in [5, 5.41) is 10.8. The number of nitrogens with zero attached hydrogens (tertiary/aromatic N) is 1. The Labute approximate surface area is 122 Å². The van der Waals surface area contributed by atoms with Crippen LogP contribution in [0.4, 0.5) is 10.1 Å². The maximum absolute atomic E-state index is 13.8. The van der Waals surface area contributed by atoms with E-state index >= 15 is 0 Å². The van der Waals surface area contributed by atoms with E-state index in [9.17, 15) is 14.5 Å². The molecule has 0 aliphatic carbocycles. The lowest BCUT2D eigenvalue weighted by molar-refractivity contribution is -0.386. The molecule has 0 fully saturated rings. The van der Waals surface area contributed by atoms with Crippen LogP contribution in [0.5, 0.6) is 17.2 Å². The zero-order chi connectivity index (χ0) is 14.7. The summed E-state index contributed by atoms with van der Waals surface area (Å²) in [4.78, 5) is 10.0. The van der Waals surface area contributed by atoms with Crippen LogP contribution in [-0.2, 0) is 0 Å². The molecule has 7 heteroatoms. The van der Waals surface area contributed by atoms with Crippen molar-refractivity contribution in [1.82, 2.24) is 0 Å². The van der Waals surface area contributed by atoms with Crippen molar-refractivity contribution in [3.05, 3.63) is 56.8 Å². The number of benzene rings is 2. The van der Waals surface area contributed by atoms with Crippen LogP contribution in [0.15, 0.2) is 40.9 Å². The maximum atomic E-state index is 13.8. The topological polar surface area (TPSA) is 61.6 Å². The number of hydrogen-bond acceptors (Lipinski definition) is 4. The van der Waals surface area contributed by atoms with Crippen molar-refractivity contribution < 1.29 is 18.8 Å². The van der Waals surface area contributed by atoms with Gasteiger partial charge >= 0.3 is 5.69 Å². The second kappa shape index (κ2) is 5.87. The largest absolute Gasteiger partial charge is 0.490 e. The molecule has 2 aromatic carbocycles. The van der Waals surface area contributed by atoms with Gasteiger partial charge in [-0.15, -0.1) is 0 Å². The van der Waals surface area contributed by atoms with Crippen LogP contribution in [0.2, 0.25) is 0 Å². The monoisotopic (exact) mass is 341 g/mol. The molecule has 0 amide bonds. The molecule has 0 heterocycles. The van der Waals surface area contributed by atoms with E-state index in [4.69, 9.17) is 9.47 Å². The first-order valence-electron chi connectivity index (χ1n) is 5.46. The normalized spacial score (nSPS) is 10.2. The zero-order valence-electron chi connectivity index (χ0n) is 10.3.